The molecule has 0 radical (unpaired) electrons. The van der Waals surface area contributed by atoms with E-state index in [2.05, 4.69) is 15.3 Å². The Morgan fingerprint density at radius 2 is 2.14 bits per heavy atom. The number of nitrogens with zero attached hydrogens (tertiary/aromatic N) is 3. The lowest BCUT2D eigenvalue weighted by Gasteiger charge is -1.91. The van der Waals surface area contributed by atoms with E-state index in [9.17, 15) is 0 Å². The largest absolute Gasteiger partial charge is 0.385 e. The van der Waals surface area contributed by atoms with Gasteiger partial charge in [-0.2, -0.15) is 4.98 Å². The van der Waals surface area contributed by atoms with Crippen molar-refractivity contribution in [3.05, 3.63) is 17.7 Å². The molecule has 1 atom stereocenters. The van der Waals surface area contributed by atoms with Crippen LogP contribution in [0.15, 0.2) is 15.1 Å². The van der Waals surface area contributed by atoms with E-state index in [-0.39, 0.29) is 11.7 Å². The van der Waals surface area contributed by atoms with Gasteiger partial charge < -0.3 is 14.2 Å². The molecule has 1 N–H and O–H groups in total. The quantitative estimate of drug-likeness (QED) is 0.771. The fourth-order valence-corrected chi connectivity index (χ4v) is 0.976. The molecule has 0 fully saturated rings. The minimum absolute atomic E-state index is 0.237. The van der Waals surface area contributed by atoms with Gasteiger partial charge in [-0.15, -0.1) is 0 Å². The van der Waals surface area contributed by atoms with Gasteiger partial charge in [0.15, 0.2) is 11.5 Å². The Hall–Kier alpha value is -1.69. The van der Waals surface area contributed by atoms with Crippen LogP contribution in [0.3, 0.4) is 0 Å². The lowest BCUT2D eigenvalue weighted by molar-refractivity contribution is 0.184. The van der Waals surface area contributed by atoms with E-state index in [4.69, 9.17) is 14.2 Å². The minimum Gasteiger partial charge on any atom is -0.385 e. The normalized spacial score (nSPS) is 13.1. The van der Waals surface area contributed by atoms with Gasteiger partial charge in [0.1, 0.15) is 11.9 Å². The summed E-state index contributed by atoms with van der Waals surface area (Å²) >= 11 is 0. The second kappa shape index (κ2) is 3.22. The zero-order valence-corrected chi connectivity index (χ0v) is 7.76. The van der Waals surface area contributed by atoms with Crippen LogP contribution in [0.2, 0.25) is 0 Å². The predicted molar refractivity (Wildman–Crippen MR) is 45.2 cm³/mol. The molecule has 2 aromatic rings. The summed E-state index contributed by atoms with van der Waals surface area (Å²) in [6.07, 6.45) is -0.750. The van der Waals surface area contributed by atoms with Crippen molar-refractivity contribution in [2.24, 2.45) is 0 Å². The minimum atomic E-state index is -0.750. The number of rotatable bonds is 2. The molecule has 2 aromatic heterocycles. The summed E-state index contributed by atoms with van der Waals surface area (Å²) in [4.78, 5) is 3.94. The molecule has 0 aliphatic carbocycles. The SMILES string of the molecule is Cc1cc(-c2nc(C(C)O)no2)no1. The summed E-state index contributed by atoms with van der Waals surface area (Å²) < 4.78 is 9.73. The molecule has 0 aromatic carbocycles. The van der Waals surface area contributed by atoms with Crippen molar-refractivity contribution in [1.29, 1.82) is 0 Å². The molecule has 0 saturated carbocycles. The number of hydrogen-bond donors (Lipinski definition) is 1. The first-order valence-electron chi connectivity index (χ1n) is 4.12. The van der Waals surface area contributed by atoms with Gasteiger partial charge in [-0.1, -0.05) is 10.3 Å². The van der Waals surface area contributed by atoms with Crippen LogP contribution in [0.5, 0.6) is 0 Å². The molecule has 6 nitrogen and oxygen atoms in total. The molecule has 74 valence electrons. The Bertz CT molecular complexity index is 432. The molecule has 0 amide bonds. The van der Waals surface area contributed by atoms with Crippen LogP contribution in [-0.2, 0) is 0 Å². The zero-order valence-electron chi connectivity index (χ0n) is 7.76. The van der Waals surface area contributed by atoms with Crippen molar-refractivity contribution < 1.29 is 14.2 Å². The monoisotopic (exact) mass is 195 g/mol. The first-order chi connectivity index (χ1) is 6.66. The molecule has 2 heterocycles. The Labute approximate surface area is 79.5 Å². The number of aliphatic hydroxyl groups excluding tert-OH is 1. The molecule has 1 unspecified atom stereocenters. The van der Waals surface area contributed by atoms with Crippen molar-refractivity contribution in [2.75, 3.05) is 0 Å². The van der Waals surface area contributed by atoms with E-state index < -0.39 is 6.10 Å². The third kappa shape index (κ3) is 1.51. The van der Waals surface area contributed by atoms with E-state index in [1.54, 1.807) is 19.9 Å². The summed E-state index contributed by atoms with van der Waals surface area (Å²) in [6, 6.07) is 1.68. The van der Waals surface area contributed by atoms with Crippen LogP contribution in [0.1, 0.15) is 24.6 Å². The van der Waals surface area contributed by atoms with Gasteiger partial charge in [0, 0.05) is 6.07 Å². The summed E-state index contributed by atoms with van der Waals surface area (Å²) in [7, 11) is 0. The maximum absolute atomic E-state index is 9.16. The topological polar surface area (TPSA) is 85.2 Å². The molecule has 0 spiro atoms. The fourth-order valence-electron chi connectivity index (χ4n) is 0.976. The van der Waals surface area contributed by atoms with Crippen molar-refractivity contribution in [1.82, 2.24) is 15.3 Å². The smallest absolute Gasteiger partial charge is 0.280 e. The molecule has 0 aliphatic rings. The lowest BCUT2D eigenvalue weighted by Crippen LogP contribution is -1.92. The van der Waals surface area contributed by atoms with Gasteiger partial charge in [-0.3, -0.25) is 0 Å². The third-order valence-corrected chi connectivity index (χ3v) is 1.66. The van der Waals surface area contributed by atoms with E-state index in [0.717, 1.165) is 0 Å². The second-order valence-corrected chi connectivity index (χ2v) is 2.96. The lowest BCUT2D eigenvalue weighted by atomic mass is 10.3. The average Bonchev–Trinajstić information content (AvgIpc) is 2.70. The third-order valence-electron chi connectivity index (χ3n) is 1.66. The van der Waals surface area contributed by atoms with Gasteiger partial charge in [0.05, 0.1) is 0 Å². The number of aryl methyl sites for hydroxylation is 1. The van der Waals surface area contributed by atoms with Crippen LogP contribution in [0.4, 0.5) is 0 Å². The Morgan fingerprint density at radius 3 is 2.64 bits per heavy atom. The van der Waals surface area contributed by atoms with Crippen LogP contribution < -0.4 is 0 Å². The van der Waals surface area contributed by atoms with Crippen molar-refractivity contribution in [3.8, 4) is 11.6 Å². The summed E-state index contributed by atoms with van der Waals surface area (Å²) in [5, 5.41) is 16.4. The highest BCUT2D eigenvalue weighted by molar-refractivity contribution is 5.45. The van der Waals surface area contributed by atoms with Crippen molar-refractivity contribution in [3.63, 3.8) is 0 Å². The number of hydrogen-bond acceptors (Lipinski definition) is 6. The van der Waals surface area contributed by atoms with Gasteiger partial charge in [0.2, 0.25) is 0 Å². The molecular formula is C8H9N3O3. The Kier molecular flexibility index (Phi) is 2.05. The first kappa shape index (κ1) is 8.89. The second-order valence-electron chi connectivity index (χ2n) is 2.96. The molecule has 0 saturated heterocycles. The van der Waals surface area contributed by atoms with Gasteiger partial charge in [-0.25, -0.2) is 0 Å². The highest BCUT2D eigenvalue weighted by Gasteiger charge is 2.15. The molecule has 14 heavy (non-hydrogen) atoms. The number of aromatic nitrogens is 3. The maximum Gasteiger partial charge on any atom is 0.280 e. The maximum atomic E-state index is 9.16. The summed E-state index contributed by atoms with van der Waals surface area (Å²) in [5.74, 6) is 1.15. The van der Waals surface area contributed by atoms with Crippen molar-refractivity contribution in [2.45, 2.75) is 20.0 Å². The van der Waals surface area contributed by atoms with Crippen LogP contribution >= 0.6 is 0 Å². The highest BCUT2D eigenvalue weighted by atomic mass is 16.5. The highest BCUT2D eigenvalue weighted by Crippen LogP contribution is 2.18. The van der Waals surface area contributed by atoms with E-state index in [1.807, 2.05) is 0 Å². The van der Waals surface area contributed by atoms with Gasteiger partial charge >= 0.3 is 0 Å². The van der Waals surface area contributed by atoms with Crippen molar-refractivity contribution >= 4 is 0 Å². The van der Waals surface area contributed by atoms with E-state index in [0.29, 0.717) is 11.5 Å². The van der Waals surface area contributed by atoms with Gasteiger partial charge in [-0.05, 0) is 13.8 Å². The first-order valence-corrected chi connectivity index (χ1v) is 4.12. The summed E-state index contributed by atoms with van der Waals surface area (Å²) in [6.45, 7) is 3.32. The van der Waals surface area contributed by atoms with Crippen LogP contribution in [-0.4, -0.2) is 20.4 Å². The van der Waals surface area contributed by atoms with Crippen LogP contribution in [0.25, 0.3) is 11.6 Å². The molecule has 6 heteroatoms. The van der Waals surface area contributed by atoms with Gasteiger partial charge in [0.25, 0.3) is 5.89 Å². The zero-order chi connectivity index (χ0) is 10.1. The number of aliphatic hydroxyl groups is 1. The molecule has 0 bridgehead atoms. The Morgan fingerprint density at radius 1 is 1.36 bits per heavy atom. The average molecular weight is 195 g/mol. The standard InChI is InChI=1S/C8H9N3O3/c1-4-3-6(10-13-4)8-9-7(5(2)12)11-14-8/h3,5,12H,1-2H3. The molecule has 2 rings (SSSR count). The predicted octanol–water partition coefficient (Wildman–Crippen LogP) is 1.09. The van der Waals surface area contributed by atoms with E-state index in [1.165, 1.54) is 0 Å². The molecule has 0 aliphatic heterocycles. The van der Waals surface area contributed by atoms with Crippen LogP contribution in [0, 0.1) is 6.92 Å². The fraction of sp³-hybridized carbons (Fsp3) is 0.375. The summed E-state index contributed by atoms with van der Waals surface area (Å²) in [5.41, 5.74) is 0.474. The van der Waals surface area contributed by atoms with E-state index >= 15 is 0 Å². The Balaban J connectivity index is 2.33. The molecular weight excluding hydrogens is 186 g/mol.